The maximum Gasteiger partial charge on any atom is 0.126 e. The van der Waals surface area contributed by atoms with E-state index in [2.05, 4.69) is 33.0 Å². The van der Waals surface area contributed by atoms with Gasteiger partial charge in [0, 0.05) is 0 Å². The van der Waals surface area contributed by atoms with Crippen molar-refractivity contribution in [1.82, 2.24) is 5.32 Å². The molecule has 0 amide bonds. The topological polar surface area (TPSA) is 12.0 Å². The molecule has 96 valence electrons. The van der Waals surface area contributed by atoms with Crippen LogP contribution in [0.15, 0.2) is 24.3 Å². The van der Waals surface area contributed by atoms with Crippen molar-refractivity contribution in [2.45, 2.75) is 39.5 Å². The number of hydrogen-bond donors (Lipinski definition) is 1. The van der Waals surface area contributed by atoms with Gasteiger partial charge in [-0.05, 0) is 42.5 Å². The molecule has 0 aliphatic heterocycles. The maximum absolute atomic E-state index is 13.7. The fourth-order valence-electron chi connectivity index (χ4n) is 1.94. The fraction of sp³-hybridized carbons (Fsp3) is 0.600. The molecular weight excluding hydrogens is 213 g/mol. The van der Waals surface area contributed by atoms with Gasteiger partial charge < -0.3 is 5.32 Å². The number of benzene rings is 1. The van der Waals surface area contributed by atoms with Crippen LogP contribution < -0.4 is 5.32 Å². The molecular formula is C15H24FN. The third-order valence-corrected chi connectivity index (χ3v) is 3.08. The molecule has 17 heavy (non-hydrogen) atoms. The van der Waals surface area contributed by atoms with Crippen LogP contribution in [0.1, 0.15) is 39.7 Å². The highest BCUT2D eigenvalue weighted by molar-refractivity contribution is 5.25. The molecule has 0 aliphatic carbocycles. The van der Waals surface area contributed by atoms with E-state index >= 15 is 0 Å². The van der Waals surface area contributed by atoms with Gasteiger partial charge in [-0.2, -0.15) is 0 Å². The molecule has 1 aromatic carbocycles. The van der Waals surface area contributed by atoms with Crippen LogP contribution in [0, 0.1) is 11.7 Å². The summed E-state index contributed by atoms with van der Waals surface area (Å²) in [6.45, 7) is 10.5. The lowest BCUT2D eigenvalue weighted by atomic mass is 9.81. The molecule has 0 aromatic heterocycles. The molecule has 0 fully saturated rings. The lowest BCUT2D eigenvalue weighted by Gasteiger charge is -2.26. The Morgan fingerprint density at radius 1 is 1.24 bits per heavy atom. The highest BCUT2D eigenvalue weighted by atomic mass is 19.1. The van der Waals surface area contributed by atoms with E-state index in [1.807, 2.05) is 12.1 Å². The molecule has 0 bridgehead atoms. The van der Waals surface area contributed by atoms with E-state index < -0.39 is 0 Å². The van der Waals surface area contributed by atoms with Crippen molar-refractivity contribution in [1.29, 1.82) is 0 Å². The zero-order chi connectivity index (χ0) is 12.9. The van der Waals surface area contributed by atoms with E-state index in [4.69, 9.17) is 0 Å². The molecule has 1 nitrogen and oxygen atoms in total. The van der Waals surface area contributed by atoms with Gasteiger partial charge in [0.05, 0.1) is 0 Å². The quantitative estimate of drug-likeness (QED) is 0.743. The Kier molecular flexibility index (Phi) is 5.13. The summed E-state index contributed by atoms with van der Waals surface area (Å²) in [4.78, 5) is 0. The number of nitrogens with one attached hydrogen (secondary N) is 1. The molecule has 0 saturated carbocycles. The minimum Gasteiger partial charge on any atom is -0.316 e. The van der Waals surface area contributed by atoms with Gasteiger partial charge in [0.15, 0.2) is 0 Å². The van der Waals surface area contributed by atoms with Crippen LogP contribution >= 0.6 is 0 Å². The molecule has 1 rings (SSSR count). The van der Waals surface area contributed by atoms with Gasteiger partial charge in [-0.15, -0.1) is 0 Å². The summed E-state index contributed by atoms with van der Waals surface area (Å²) in [7, 11) is 0. The molecule has 2 heteroatoms. The van der Waals surface area contributed by atoms with Crippen molar-refractivity contribution >= 4 is 0 Å². The molecule has 1 N–H and O–H groups in total. The van der Waals surface area contributed by atoms with Gasteiger partial charge >= 0.3 is 0 Å². The molecule has 1 aromatic rings. The SMILES string of the molecule is CC(C)CNCCC(C)(C)c1ccccc1F. The number of hydrogen-bond acceptors (Lipinski definition) is 1. The smallest absolute Gasteiger partial charge is 0.126 e. The second-order valence-electron chi connectivity index (χ2n) is 5.71. The van der Waals surface area contributed by atoms with E-state index in [0.717, 1.165) is 25.1 Å². The summed E-state index contributed by atoms with van der Waals surface area (Å²) in [6, 6.07) is 7.07. The summed E-state index contributed by atoms with van der Waals surface area (Å²) in [5.41, 5.74) is 0.696. The average molecular weight is 237 g/mol. The monoisotopic (exact) mass is 237 g/mol. The van der Waals surface area contributed by atoms with E-state index in [1.54, 1.807) is 12.1 Å². The van der Waals surface area contributed by atoms with Crippen LogP contribution in [0.3, 0.4) is 0 Å². The van der Waals surface area contributed by atoms with Crippen LogP contribution in [-0.4, -0.2) is 13.1 Å². The normalized spacial score (nSPS) is 12.1. The van der Waals surface area contributed by atoms with Gasteiger partial charge in [0.1, 0.15) is 5.82 Å². The Morgan fingerprint density at radius 2 is 1.88 bits per heavy atom. The third kappa shape index (κ3) is 4.47. The Balaban J connectivity index is 2.54. The molecule has 0 atom stereocenters. The van der Waals surface area contributed by atoms with Gasteiger partial charge in [-0.25, -0.2) is 4.39 Å². The first-order chi connectivity index (χ1) is 7.93. The highest BCUT2D eigenvalue weighted by Crippen LogP contribution is 2.28. The van der Waals surface area contributed by atoms with Gasteiger partial charge in [-0.3, -0.25) is 0 Å². The van der Waals surface area contributed by atoms with E-state index in [0.29, 0.717) is 5.92 Å². The molecule has 0 unspecified atom stereocenters. The third-order valence-electron chi connectivity index (χ3n) is 3.08. The van der Waals surface area contributed by atoms with E-state index in [1.165, 1.54) is 0 Å². The first-order valence-electron chi connectivity index (χ1n) is 6.39. The first-order valence-corrected chi connectivity index (χ1v) is 6.39. The van der Waals surface area contributed by atoms with Crippen LogP contribution in [0.4, 0.5) is 4.39 Å². The van der Waals surface area contributed by atoms with Crippen LogP contribution in [0.2, 0.25) is 0 Å². The Morgan fingerprint density at radius 3 is 2.47 bits per heavy atom. The molecule has 0 aliphatic rings. The first kappa shape index (κ1) is 14.2. The second-order valence-corrected chi connectivity index (χ2v) is 5.71. The second kappa shape index (κ2) is 6.15. The summed E-state index contributed by atoms with van der Waals surface area (Å²) in [6.07, 6.45) is 0.945. The molecule has 0 saturated heterocycles. The fourth-order valence-corrected chi connectivity index (χ4v) is 1.94. The molecule has 0 radical (unpaired) electrons. The largest absolute Gasteiger partial charge is 0.316 e. The van der Waals surface area contributed by atoms with E-state index in [-0.39, 0.29) is 11.2 Å². The Bertz CT molecular complexity index is 345. The zero-order valence-electron chi connectivity index (χ0n) is 11.4. The highest BCUT2D eigenvalue weighted by Gasteiger charge is 2.23. The van der Waals surface area contributed by atoms with Crippen molar-refractivity contribution in [3.63, 3.8) is 0 Å². The zero-order valence-corrected chi connectivity index (χ0v) is 11.4. The summed E-state index contributed by atoms with van der Waals surface area (Å²) < 4.78 is 13.7. The van der Waals surface area contributed by atoms with Gasteiger partial charge in [-0.1, -0.05) is 45.9 Å². The Labute approximate surface area is 104 Å². The Hall–Kier alpha value is -0.890. The molecule has 0 heterocycles. The van der Waals surface area contributed by atoms with Crippen molar-refractivity contribution in [3.05, 3.63) is 35.6 Å². The van der Waals surface area contributed by atoms with Crippen LogP contribution in [0.25, 0.3) is 0 Å². The summed E-state index contributed by atoms with van der Waals surface area (Å²) in [5, 5.41) is 3.41. The van der Waals surface area contributed by atoms with Crippen molar-refractivity contribution in [3.8, 4) is 0 Å². The number of halogens is 1. The van der Waals surface area contributed by atoms with Crippen LogP contribution in [0.5, 0.6) is 0 Å². The number of rotatable bonds is 6. The summed E-state index contributed by atoms with van der Waals surface area (Å²) in [5.74, 6) is 0.563. The lowest BCUT2D eigenvalue weighted by Crippen LogP contribution is -2.28. The van der Waals surface area contributed by atoms with E-state index in [9.17, 15) is 4.39 Å². The molecule has 0 spiro atoms. The summed E-state index contributed by atoms with van der Waals surface area (Å²) >= 11 is 0. The van der Waals surface area contributed by atoms with Gasteiger partial charge in [0.25, 0.3) is 0 Å². The minimum atomic E-state index is -0.116. The average Bonchev–Trinajstić information content (AvgIpc) is 2.24. The van der Waals surface area contributed by atoms with Gasteiger partial charge in [0.2, 0.25) is 0 Å². The van der Waals surface area contributed by atoms with Crippen molar-refractivity contribution in [2.24, 2.45) is 5.92 Å². The van der Waals surface area contributed by atoms with Crippen molar-refractivity contribution < 1.29 is 4.39 Å². The standard InChI is InChI=1S/C15H24FN/c1-12(2)11-17-10-9-15(3,4)13-7-5-6-8-14(13)16/h5-8,12,17H,9-11H2,1-4H3. The van der Waals surface area contributed by atoms with Crippen LogP contribution in [-0.2, 0) is 5.41 Å². The maximum atomic E-state index is 13.7. The minimum absolute atomic E-state index is 0.0960. The predicted molar refractivity (Wildman–Crippen MR) is 71.8 cm³/mol. The lowest BCUT2D eigenvalue weighted by molar-refractivity contribution is 0.424. The van der Waals surface area contributed by atoms with Crippen molar-refractivity contribution in [2.75, 3.05) is 13.1 Å². The predicted octanol–water partition coefficient (Wildman–Crippen LogP) is 3.74.